The number of hydrogen-bond donors (Lipinski definition) is 1. The topological polar surface area (TPSA) is 47.6 Å². The minimum absolute atomic E-state index is 0.495. The smallest absolute Gasteiger partial charge is 0.403 e. The highest BCUT2D eigenvalue weighted by molar-refractivity contribution is 7.52. The summed E-state index contributed by atoms with van der Waals surface area (Å²) in [7, 11) is -4.45. The molecular formula is C61H40NO3P. The van der Waals surface area contributed by atoms with E-state index in [1.54, 1.807) is 0 Å². The third-order valence-electron chi connectivity index (χ3n) is 13.3. The number of hydrogen-bond acceptors (Lipinski definition) is 3. The summed E-state index contributed by atoms with van der Waals surface area (Å²) >= 11 is 0. The third kappa shape index (κ3) is 6.22. The summed E-state index contributed by atoms with van der Waals surface area (Å²) in [5.41, 5.74) is 7.17. The predicted octanol–water partition coefficient (Wildman–Crippen LogP) is 16.9. The van der Waals surface area contributed by atoms with Gasteiger partial charge in [0.05, 0.1) is 6.04 Å². The molecule has 1 aliphatic rings. The maximum atomic E-state index is 16.9. The Hall–Kier alpha value is -8.01. The van der Waals surface area contributed by atoms with Crippen molar-refractivity contribution >= 4 is 72.4 Å². The number of fused-ring (bicyclic) bond motifs is 11. The quantitative estimate of drug-likeness (QED) is 0.134. The van der Waals surface area contributed by atoms with Gasteiger partial charge in [0.2, 0.25) is 0 Å². The van der Waals surface area contributed by atoms with Crippen LogP contribution in [0, 0.1) is 0 Å². The molecule has 12 aromatic rings. The molecule has 66 heavy (non-hydrogen) atoms. The molecule has 0 fully saturated rings. The van der Waals surface area contributed by atoms with E-state index >= 15 is 4.57 Å². The minimum atomic E-state index is -4.45. The molecule has 0 atom stereocenters. The fraction of sp³-hybridized carbons (Fsp3) is 0.0164. The molecule has 0 saturated carbocycles. The number of benzene rings is 12. The van der Waals surface area contributed by atoms with Crippen LogP contribution in [0.5, 0.6) is 11.5 Å². The molecule has 12 aromatic carbocycles. The molecule has 0 unspecified atom stereocenters. The van der Waals surface area contributed by atoms with Gasteiger partial charge < -0.3 is 9.05 Å². The average Bonchev–Trinajstić information content (AvgIpc) is 3.51. The molecule has 1 heterocycles. The lowest BCUT2D eigenvalue weighted by Gasteiger charge is -2.27. The molecular weight excluding hydrogens is 826 g/mol. The van der Waals surface area contributed by atoms with Crippen molar-refractivity contribution in [2.75, 3.05) is 0 Å². The summed E-state index contributed by atoms with van der Waals surface area (Å²) in [6.45, 7) is 0. The molecule has 13 rings (SSSR count). The van der Waals surface area contributed by atoms with Crippen LogP contribution in [0.15, 0.2) is 231 Å². The van der Waals surface area contributed by atoms with Crippen LogP contribution >= 0.6 is 7.75 Å². The molecule has 0 bridgehead atoms. The van der Waals surface area contributed by atoms with Crippen LogP contribution in [0.25, 0.3) is 98.0 Å². The third-order valence-corrected chi connectivity index (χ3v) is 14.7. The van der Waals surface area contributed by atoms with E-state index in [-0.39, 0.29) is 0 Å². The van der Waals surface area contributed by atoms with Crippen LogP contribution in [0.2, 0.25) is 0 Å². The first-order valence-electron chi connectivity index (χ1n) is 22.4. The van der Waals surface area contributed by atoms with E-state index < -0.39 is 13.8 Å². The first-order chi connectivity index (χ1) is 32.6. The van der Waals surface area contributed by atoms with Crippen molar-refractivity contribution in [1.29, 1.82) is 0 Å². The highest BCUT2D eigenvalue weighted by Gasteiger charge is 2.41. The fourth-order valence-electron chi connectivity index (χ4n) is 10.4. The van der Waals surface area contributed by atoms with Crippen LogP contribution in [0.4, 0.5) is 0 Å². The van der Waals surface area contributed by atoms with Crippen molar-refractivity contribution in [3.8, 4) is 44.9 Å². The Morgan fingerprint density at radius 3 is 0.924 bits per heavy atom. The molecule has 0 saturated heterocycles. The lowest BCUT2D eigenvalue weighted by molar-refractivity contribution is 0.371. The van der Waals surface area contributed by atoms with Gasteiger partial charge in [0.25, 0.3) is 0 Å². The van der Waals surface area contributed by atoms with Gasteiger partial charge >= 0.3 is 7.75 Å². The summed E-state index contributed by atoms with van der Waals surface area (Å²) in [4.78, 5) is 0. The molecule has 5 heteroatoms. The number of nitrogens with one attached hydrogen (secondary N) is 1. The van der Waals surface area contributed by atoms with Crippen molar-refractivity contribution in [2.45, 2.75) is 6.04 Å². The Labute approximate surface area is 381 Å². The molecule has 0 amide bonds. The zero-order chi connectivity index (χ0) is 43.8. The Bertz CT molecular complexity index is 3600. The molecule has 0 aliphatic carbocycles. The second-order valence-corrected chi connectivity index (χ2v) is 18.8. The molecule has 1 aliphatic heterocycles. The monoisotopic (exact) mass is 865 g/mol. The predicted molar refractivity (Wildman–Crippen MR) is 275 cm³/mol. The summed E-state index contributed by atoms with van der Waals surface area (Å²) in [5.74, 6) is 0.990. The number of rotatable bonds is 6. The lowest BCUT2D eigenvalue weighted by Crippen LogP contribution is -2.25. The lowest BCUT2D eigenvalue weighted by atomic mass is 9.83. The van der Waals surface area contributed by atoms with Gasteiger partial charge in [-0.05, 0) is 100 Å². The first-order valence-corrected chi connectivity index (χ1v) is 23.9. The van der Waals surface area contributed by atoms with Gasteiger partial charge in [-0.3, -0.25) is 0 Å². The zero-order valence-electron chi connectivity index (χ0n) is 35.7. The van der Waals surface area contributed by atoms with Gasteiger partial charge in [0.1, 0.15) is 11.5 Å². The van der Waals surface area contributed by atoms with Crippen molar-refractivity contribution < 1.29 is 13.6 Å². The average molecular weight is 866 g/mol. The van der Waals surface area contributed by atoms with Gasteiger partial charge in [-0.15, -0.1) is 0 Å². The van der Waals surface area contributed by atoms with Gasteiger partial charge in [0, 0.05) is 33.4 Å². The minimum Gasteiger partial charge on any atom is -0.403 e. The zero-order valence-corrected chi connectivity index (χ0v) is 36.6. The van der Waals surface area contributed by atoms with E-state index in [4.69, 9.17) is 9.05 Å². The van der Waals surface area contributed by atoms with Crippen LogP contribution in [0.1, 0.15) is 17.2 Å². The van der Waals surface area contributed by atoms with Crippen molar-refractivity contribution in [3.05, 3.63) is 242 Å². The Kier molecular flexibility index (Phi) is 8.92. The van der Waals surface area contributed by atoms with Gasteiger partial charge in [-0.2, -0.15) is 5.09 Å². The highest BCUT2D eigenvalue weighted by Crippen LogP contribution is 2.63. The van der Waals surface area contributed by atoms with Crippen LogP contribution in [-0.2, 0) is 4.57 Å². The second kappa shape index (κ2) is 15.3. The van der Waals surface area contributed by atoms with Crippen LogP contribution in [0.3, 0.4) is 0 Å². The first kappa shape index (κ1) is 38.4. The molecule has 312 valence electrons. The van der Waals surface area contributed by atoms with Crippen molar-refractivity contribution in [1.82, 2.24) is 5.09 Å². The maximum Gasteiger partial charge on any atom is 0.513 e. The maximum absolute atomic E-state index is 16.9. The molecule has 4 nitrogen and oxygen atoms in total. The van der Waals surface area contributed by atoms with E-state index in [2.05, 4.69) is 199 Å². The summed E-state index contributed by atoms with van der Waals surface area (Å²) < 4.78 is 31.7. The molecule has 0 aromatic heterocycles. The van der Waals surface area contributed by atoms with Crippen LogP contribution in [-0.4, -0.2) is 0 Å². The Balaban J connectivity index is 1.22. The van der Waals surface area contributed by atoms with Gasteiger partial charge in [0.15, 0.2) is 0 Å². The highest BCUT2D eigenvalue weighted by atomic mass is 31.2. The fourth-order valence-corrected chi connectivity index (χ4v) is 12.0. The Morgan fingerprint density at radius 1 is 0.318 bits per heavy atom. The largest absolute Gasteiger partial charge is 0.513 e. The summed E-state index contributed by atoms with van der Waals surface area (Å²) in [6.07, 6.45) is 0. The standard InChI is InChI=1S/C61H40NO3P/c63-66(62-59(39-19-3-1-4-20-39)40-21-5-2-6-22-40)64-60-53(55-47-29-13-7-23-41(47)35-42-24-8-14-30-48(42)55)37-45-27-11-17-33-51(45)57(60)58-52-34-18-12-28-46(52)38-54(61(58)65-66)56-49-31-15-9-25-43(49)36-44-26-10-16-32-50(44)56/h1-38,59H,(H,62,63). The van der Waals surface area contributed by atoms with Gasteiger partial charge in [-0.25, -0.2) is 4.57 Å². The van der Waals surface area contributed by atoms with E-state index in [1.807, 2.05) is 36.4 Å². The molecule has 0 spiro atoms. The molecule has 0 radical (unpaired) electrons. The van der Waals surface area contributed by atoms with Crippen molar-refractivity contribution in [3.63, 3.8) is 0 Å². The van der Waals surface area contributed by atoms with Crippen molar-refractivity contribution in [2.24, 2.45) is 0 Å². The second-order valence-electron chi connectivity index (χ2n) is 17.1. The summed E-state index contributed by atoms with van der Waals surface area (Å²) in [5, 5.41) is 16.3. The Morgan fingerprint density at radius 2 is 0.591 bits per heavy atom. The molecule has 1 N–H and O–H groups in total. The SMILES string of the molecule is O=P1(NC(c2ccccc2)c2ccccc2)Oc2c(-c3c4ccccc4cc4ccccc34)cc3ccccc3c2-c2c(c(-c3c4ccccc4cc4ccccc34)cc3ccccc23)O1. The van der Waals surface area contributed by atoms with Crippen LogP contribution < -0.4 is 14.1 Å². The van der Waals surface area contributed by atoms with E-state index in [1.165, 1.54) is 0 Å². The van der Waals surface area contributed by atoms with E-state index in [9.17, 15) is 0 Å². The van der Waals surface area contributed by atoms with E-state index in [0.717, 1.165) is 109 Å². The van der Waals surface area contributed by atoms with E-state index in [0.29, 0.717) is 11.5 Å². The summed E-state index contributed by atoms with van der Waals surface area (Å²) in [6, 6.07) is 79.6. The van der Waals surface area contributed by atoms with Gasteiger partial charge in [-0.1, -0.05) is 206 Å². The normalized spacial score (nSPS) is 13.2.